The number of hydrogen-bond acceptors (Lipinski definition) is 4. The molecule has 0 saturated heterocycles. The summed E-state index contributed by atoms with van der Waals surface area (Å²) in [7, 11) is 3.58. The van der Waals surface area contributed by atoms with Crippen LogP contribution in [0, 0.1) is 23.7 Å². The highest BCUT2D eigenvalue weighted by atomic mass is 16.5. The molecule has 4 bridgehead atoms. The maximum atomic E-state index is 6.41. The Morgan fingerprint density at radius 2 is 1.38 bits per heavy atom. The van der Waals surface area contributed by atoms with E-state index in [9.17, 15) is 0 Å². The molecular formula is C17H32N2O2. The van der Waals surface area contributed by atoms with Crippen LogP contribution in [-0.2, 0) is 9.47 Å². The number of nitrogens with zero attached hydrogens (tertiary/aromatic N) is 1. The number of ether oxygens (including phenoxy) is 2. The van der Waals surface area contributed by atoms with Gasteiger partial charge < -0.3 is 15.2 Å². The highest BCUT2D eigenvalue weighted by molar-refractivity contribution is 5.12. The lowest BCUT2D eigenvalue weighted by Crippen LogP contribution is -2.70. The van der Waals surface area contributed by atoms with E-state index in [0.717, 1.165) is 56.5 Å². The van der Waals surface area contributed by atoms with Crippen LogP contribution in [0.15, 0.2) is 0 Å². The van der Waals surface area contributed by atoms with Crippen LogP contribution in [0.25, 0.3) is 0 Å². The monoisotopic (exact) mass is 296 g/mol. The van der Waals surface area contributed by atoms with E-state index in [0.29, 0.717) is 0 Å². The lowest BCUT2D eigenvalue weighted by Gasteiger charge is -2.64. The van der Waals surface area contributed by atoms with E-state index in [4.69, 9.17) is 15.2 Å². The van der Waals surface area contributed by atoms with Crippen LogP contribution in [0.4, 0.5) is 0 Å². The van der Waals surface area contributed by atoms with Crippen molar-refractivity contribution in [2.24, 2.45) is 29.4 Å². The van der Waals surface area contributed by atoms with Gasteiger partial charge in [-0.15, -0.1) is 0 Å². The zero-order valence-electron chi connectivity index (χ0n) is 13.7. The van der Waals surface area contributed by atoms with Crippen molar-refractivity contribution in [3.8, 4) is 0 Å². The molecule has 4 saturated carbocycles. The Labute approximate surface area is 129 Å². The molecule has 0 atom stereocenters. The lowest BCUT2D eigenvalue weighted by atomic mass is 9.48. The van der Waals surface area contributed by atoms with Gasteiger partial charge in [-0.3, -0.25) is 4.90 Å². The molecule has 21 heavy (non-hydrogen) atoms. The predicted molar refractivity (Wildman–Crippen MR) is 84.2 cm³/mol. The van der Waals surface area contributed by atoms with Gasteiger partial charge in [-0.1, -0.05) is 0 Å². The summed E-state index contributed by atoms with van der Waals surface area (Å²) in [5.41, 5.74) is 6.62. The Bertz CT molecular complexity index is 312. The van der Waals surface area contributed by atoms with Crippen LogP contribution in [-0.4, -0.2) is 57.5 Å². The number of rotatable bonds is 8. The smallest absolute Gasteiger partial charge is 0.0589 e. The Hall–Kier alpha value is -0.160. The summed E-state index contributed by atoms with van der Waals surface area (Å²) >= 11 is 0. The van der Waals surface area contributed by atoms with Gasteiger partial charge in [0.25, 0.3) is 0 Å². The summed E-state index contributed by atoms with van der Waals surface area (Å²) in [5, 5.41) is 0. The summed E-state index contributed by atoms with van der Waals surface area (Å²) in [4.78, 5) is 2.63. The minimum Gasteiger partial charge on any atom is -0.383 e. The van der Waals surface area contributed by atoms with E-state index in [1.807, 2.05) is 0 Å². The first kappa shape index (κ1) is 15.7. The summed E-state index contributed by atoms with van der Waals surface area (Å²) in [6, 6.07) is 0. The van der Waals surface area contributed by atoms with Gasteiger partial charge in [0.2, 0.25) is 0 Å². The van der Waals surface area contributed by atoms with Crippen molar-refractivity contribution in [3.63, 3.8) is 0 Å². The zero-order chi connectivity index (χ0) is 14.9. The quantitative estimate of drug-likeness (QED) is 0.741. The van der Waals surface area contributed by atoms with Crippen LogP contribution >= 0.6 is 0 Å². The Morgan fingerprint density at radius 3 is 1.76 bits per heavy atom. The molecule has 0 aromatic carbocycles. The molecule has 4 rings (SSSR count). The Kier molecular flexibility index (Phi) is 4.89. The third-order valence-corrected chi connectivity index (χ3v) is 6.60. The first-order valence-electron chi connectivity index (χ1n) is 8.67. The van der Waals surface area contributed by atoms with Crippen molar-refractivity contribution >= 4 is 0 Å². The summed E-state index contributed by atoms with van der Waals surface area (Å²) in [5.74, 6) is 3.57. The molecule has 0 aromatic heterocycles. The Morgan fingerprint density at radius 1 is 0.905 bits per heavy atom. The molecule has 4 aliphatic carbocycles. The van der Waals surface area contributed by atoms with Gasteiger partial charge >= 0.3 is 0 Å². The van der Waals surface area contributed by atoms with E-state index in [-0.39, 0.29) is 5.54 Å². The summed E-state index contributed by atoms with van der Waals surface area (Å²) < 4.78 is 10.7. The normalized spacial score (nSPS) is 41.1. The highest BCUT2D eigenvalue weighted by Crippen LogP contribution is 2.59. The van der Waals surface area contributed by atoms with Gasteiger partial charge in [0.1, 0.15) is 0 Å². The molecule has 0 unspecified atom stereocenters. The number of nitrogens with two attached hydrogens (primary N) is 1. The van der Waals surface area contributed by atoms with Crippen LogP contribution in [0.2, 0.25) is 0 Å². The molecule has 0 aromatic rings. The third kappa shape index (κ3) is 2.65. The molecule has 0 aliphatic heterocycles. The topological polar surface area (TPSA) is 47.7 Å². The van der Waals surface area contributed by atoms with E-state index < -0.39 is 0 Å². The van der Waals surface area contributed by atoms with E-state index in [1.165, 1.54) is 32.1 Å². The number of methoxy groups -OCH3 is 2. The molecule has 4 fully saturated rings. The maximum Gasteiger partial charge on any atom is 0.0589 e. The van der Waals surface area contributed by atoms with Crippen molar-refractivity contribution in [3.05, 3.63) is 0 Å². The van der Waals surface area contributed by atoms with Crippen LogP contribution < -0.4 is 5.73 Å². The van der Waals surface area contributed by atoms with E-state index >= 15 is 0 Å². The third-order valence-electron chi connectivity index (χ3n) is 6.60. The number of hydrogen-bond donors (Lipinski definition) is 1. The van der Waals surface area contributed by atoms with Crippen molar-refractivity contribution in [2.75, 3.05) is 47.1 Å². The molecule has 2 N–H and O–H groups in total. The summed E-state index contributed by atoms with van der Waals surface area (Å²) in [6.45, 7) is 4.35. The van der Waals surface area contributed by atoms with Crippen molar-refractivity contribution in [1.29, 1.82) is 0 Å². The fourth-order valence-electron chi connectivity index (χ4n) is 5.91. The molecule has 0 heterocycles. The van der Waals surface area contributed by atoms with Gasteiger partial charge in [-0.25, -0.2) is 0 Å². The molecule has 0 radical (unpaired) electrons. The summed E-state index contributed by atoms with van der Waals surface area (Å²) in [6.07, 6.45) is 7.10. The fraction of sp³-hybridized carbons (Fsp3) is 1.00. The molecule has 0 amide bonds. The van der Waals surface area contributed by atoms with Crippen LogP contribution in [0.5, 0.6) is 0 Å². The van der Waals surface area contributed by atoms with Gasteiger partial charge in [-0.05, 0) is 55.8 Å². The second kappa shape index (κ2) is 6.53. The average Bonchev–Trinajstić information content (AvgIpc) is 2.48. The fourth-order valence-corrected chi connectivity index (χ4v) is 5.91. The highest BCUT2D eigenvalue weighted by Gasteiger charge is 2.58. The maximum absolute atomic E-state index is 6.41. The average molecular weight is 296 g/mol. The standard InChI is InChI=1S/C17H32N2O2/c1-20-5-3-19(4-6-21-2)17(12-18)15-8-13-7-14(10-15)11-16(17)9-13/h13-16H,3-12,18H2,1-2H3. The minimum absolute atomic E-state index is 0.213. The minimum atomic E-state index is 0.213. The SMILES string of the molecule is COCCN(CCOC)C1(CN)C2CC3CC(C2)CC1C3. The largest absolute Gasteiger partial charge is 0.383 e. The lowest BCUT2D eigenvalue weighted by molar-refractivity contribution is -0.137. The molecule has 4 nitrogen and oxygen atoms in total. The molecule has 122 valence electrons. The second-order valence-electron chi connectivity index (χ2n) is 7.47. The van der Waals surface area contributed by atoms with Gasteiger partial charge in [-0.2, -0.15) is 0 Å². The molecule has 4 heteroatoms. The van der Waals surface area contributed by atoms with Crippen molar-refractivity contribution < 1.29 is 9.47 Å². The van der Waals surface area contributed by atoms with E-state index in [1.54, 1.807) is 14.2 Å². The predicted octanol–water partition coefficient (Wildman–Crippen LogP) is 1.73. The van der Waals surface area contributed by atoms with Crippen molar-refractivity contribution in [2.45, 2.75) is 37.6 Å². The molecule has 0 spiro atoms. The first-order chi connectivity index (χ1) is 10.2. The molecular weight excluding hydrogens is 264 g/mol. The van der Waals surface area contributed by atoms with Gasteiger partial charge in [0, 0.05) is 39.4 Å². The van der Waals surface area contributed by atoms with Gasteiger partial charge in [0.15, 0.2) is 0 Å². The van der Waals surface area contributed by atoms with E-state index in [2.05, 4.69) is 4.90 Å². The second-order valence-corrected chi connectivity index (χ2v) is 7.47. The van der Waals surface area contributed by atoms with Gasteiger partial charge in [0.05, 0.1) is 13.2 Å². The van der Waals surface area contributed by atoms with Crippen LogP contribution in [0.3, 0.4) is 0 Å². The first-order valence-corrected chi connectivity index (χ1v) is 8.67. The van der Waals surface area contributed by atoms with Crippen molar-refractivity contribution in [1.82, 2.24) is 4.90 Å². The Balaban J connectivity index is 1.82. The van der Waals surface area contributed by atoms with Crippen LogP contribution in [0.1, 0.15) is 32.1 Å². The molecule has 4 aliphatic rings. The zero-order valence-corrected chi connectivity index (χ0v) is 13.7.